The molecule has 0 spiro atoms. The second-order valence-corrected chi connectivity index (χ2v) is 4.64. The first kappa shape index (κ1) is 11.4. The van der Waals surface area contributed by atoms with Gasteiger partial charge in [0.25, 0.3) is 0 Å². The summed E-state index contributed by atoms with van der Waals surface area (Å²) >= 11 is 5.98. The largest absolute Gasteiger partial charge is 0.388 e. The Labute approximate surface area is 99.5 Å². The van der Waals surface area contributed by atoms with Crippen LogP contribution in [0.4, 0.5) is 11.5 Å². The van der Waals surface area contributed by atoms with Gasteiger partial charge in [-0.15, -0.1) is 0 Å². The van der Waals surface area contributed by atoms with E-state index in [-0.39, 0.29) is 0 Å². The van der Waals surface area contributed by atoms with Crippen LogP contribution in [0.1, 0.15) is 13.3 Å². The number of nitrogens with zero attached hydrogens (tertiary/aromatic N) is 3. The van der Waals surface area contributed by atoms with Gasteiger partial charge in [-0.1, -0.05) is 11.6 Å². The Bertz CT molecular complexity index is 396. The molecule has 0 aliphatic carbocycles. The molecule has 1 aliphatic heterocycles. The number of nitrogens with one attached hydrogen (secondary N) is 1. The minimum absolute atomic E-state index is 0.402. The van der Waals surface area contributed by atoms with Crippen LogP contribution in [0.5, 0.6) is 0 Å². The molecule has 0 amide bonds. The van der Waals surface area contributed by atoms with Gasteiger partial charge in [0.1, 0.15) is 12.0 Å². The third-order valence-electron chi connectivity index (χ3n) is 2.78. The van der Waals surface area contributed by atoms with Crippen LogP contribution in [-0.2, 0) is 0 Å². The lowest BCUT2D eigenvalue weighted by molar-refractivity contribution is 0.0839. The number of anilines is 2. The third kappa shape index (κ3) is 2.05. The Kier molecular flexibility index (Phi) is 2.90. The number of halogens is 1. The fraction of sp³-hybridized carbons (Fsp3) is 0.600. The molecule has 2 rings (SSSR count). The standard InChI is InChI=1S/C10H15ClN4O/c1-10(16)3-4-15(5-10)9-7(12-2)8(11)13-6-14-9/h6,12,16H,3-5H2,1-2H3. The highest BCUT2D eigenvalue weighted by Crippen LogP contribution is 2.33. The zero-order valence-corrected chi connectivity index (χ0v) is 10.1. The van der Waals surface area contributed by atoms with Gasteiger partial charge in [-0.2, -0.15) is 0 Å². The number of aliphatic hydroxyl groups is 1. The summed E-state index contributed by atoms with van der Waals surface area (Å²) in [5.74, 6) is 0.750. The highest BCUT2D eigenvalue weighted by Gasteiger charge is 2.33. The fourth-order valence-corrected chi connectivity index (χ4v) is 2.16. The van der Waals surface area contributed by atoms with Crippen LogP contribution in [0.15, 0.2) is 6.33 Å². The molecule has 88 valence electrons. The van der Waals surface area contributed by atoms with Gasteiger partial charge >= 0.3 is 0 Å². The molecule has 6 heteroatoms. The second kappa shape index (κ2) is 4.07. The van der Waals surface area contributed by atoms with Gasteiger partial charge in [0.2, 0.25) is 0 Å². The normalized spacial score (nSPS) is 24.9. The van der Waals surface area contributed by atoms with Gasteiger partial charge in [0.15, 0.2) is 11.0 Å². The predicted octanol–water partition coefficient (Wildman–Crippen LogP) is 1.13. The van der Waals surface area contributed by atoms with Crippen LogP contribution in [0.3, 0.4) is 0 Å². The van der Waals surface area contributed by atoms with Crippen molar-refractivity contribution in [1.29, 1.82) is 0 Å². The lowest BCUT2D eigenvalue weighted by Crippen LogP contribution is -2.30. The molecular weight excluding hydrogens is 228 g/mol. The van der Waals surface area contributed by atoms with E-state index in [2.05, 4.69) is 15.3 Å². The van der Waals surface area contributed by atoms with Crippen molar-refractivity contribution in [3.63, 3.8) is 0 Å². The summed E-state index contributed by atoms with van der Waals surface area (Å²) < 4.78 is 0. The summed E-state index contributed by atoms with van der Waals surface area (Å²) in [5.41, 5.74) is 0.0597. The average molecular weight is 243 g/mol. The maximum atomic E-state index is 9.92. The maximum Gasteiger partial charge on any atom is 0.157 e. The smallest absolute Gasteiger partial charge is 0.157 e. The van der Waals surface area contributed by atoms with Crippen LogP contribution >= 0.6 is 11.6 Å². The fourth-order valence-electron chi connectivity index (χ4n) is 1.94. The van der Waals surface area contributed by atoms with Crippen molar-refractivity contribution in [2.75, 3.05) is 30.4 Å². The van der Waals surface area contributed by atoms with Crippen molar-refractivity contribution in [3.8, 4) is 0 Å². The molecule has 1 fully saturated rings. The van der Waals surface area contributed by atoms with E-state index in [1.54, 1.807) is 7.05 Å². The number of aromatic nitrogens is 2. The third-order valence-corrected chi connectivity index (χ3v) is 3.07. The molecule has 1 aromatic heterocycles. The quantitative estimate of drug-likeness (QED) is 0.762. The lowest BCUT2D eigenvalue weighted by Gasteiger charge is -2.22. The van der Waals surface area contributed by atoms with Crippen molar-refractivity contribution in [2.45, 2.75) is 18.9 Å². The number of β-amino-alcohol motifs (C(OH)–C–C–N with tert-alkyl or cyclic N) is 1. The zero-order chi connectivity index (χ0) is 11.8. The van der Waals surface area contributed by atoms with Gasteiger partial charge in [0.05, 0.1) is 5.60 Å². The first-order valence-electron chi connectivity index (χ1n) is 5.19. The Hall–Kier alpha value is -1.07. The monoisotopic (exact) mass is 242 g/mol. The van der Waals surface area contributed by atoms with E-state index in [0.717, 1.165) is 18.8 Å². The predicted molar refractivity (Wildman–Crippen MR) is 64.0 cm³/mol. The highest BCUT2D eigenvalue weighted by molar-refractivity contribution is 6.32. The average Bonchev–Trinajstić information content (AvgIpc) is 2.58. The van der Waals surface area contributed by atoms with E-state index in [1.165, 1.54) is 6.33 Å². The molecule has 16 heavy (non-hydrogen) atoms. The molecule has 0 saturated carbocycles. The lowest BCUT2D eigenvalue weighted by atomic mass is 10.1. The number of rotatable bonds is 2. The van der Waals surface area contributed by atoms with Gasteiger partial charge in [-0.05, 0) is 13.3 Å². The van der Waals surface area contributed by atoms with Crippen molar-refractivity contribution in [1.82, 2.24) is 9.97 Å². The Morgan fingerprint density at radius 2 is 2.31 bits per heavy atom. The van der Waals surface area contributed by atoms with E-state index in [0.29, 0.717) is 17.4 Å². The first-order chi connectivity index (χ1) is 7.53. The Morgan fingerprint density at radius 3 is 2.88 bits per heavy atom. The van der Waals surface area contributed by atoms with Crippen molar-refractivity contribution >= 4 is 23.1 Å². The summed E-state index contributed by atoms with van der Waals surface area (Å²) in [6.45, 7) is 3.17. The molecule has 0 bridgehead atoms. The molecule has 1 aliphatic rings. The number of hydrogen-bond acceptors (Lipinski definition) is 5. The van der Waals surface area contributed by atoms with Crippen LogP contribution < -0.4 is 10.2 Å². The van der Waals surface area contributed by atoms with E-state index in [1.807, 2.05) is 11.8 Å². The molecule has 2 heterocycles. The molecule has 0 radical (unpaired) electrons. The molecule has 1 saturated heterocycles. The summed E-state index contributed by atoms with van der Waals surface area (Å²) in [7, 11) is 1.78. The molecule has 5 nitrogen and oxygen atoms in total. The maximum absolute atomic E-state index is 9.92. The SMILES string of the molecule is CNc1c(Cl)ncnc1N1CCC(C)(O)C1. The van der Waals surface area contributed by atoms with Gasteiger partial charge in [-0.3, -0.25) is 0 Å². The number of hydrogen-bond donors (Lipinski definition) is 2. The van der Waals surface area contributed by atoms with E-state index >= 15 is 0 Å². The van der Waals surface area contributed by atoms with Gasteiger partial charge < -0.3 is 15.3 Å². The van der Waals surface area contributed by atoms with E-state index < -0.39 is 5.60 Å². The van der Waals surface area contributed by atoms with Crippen LogP contribution in [0.2, 0.25) is 5.15 Å². The summed E-state index contributed by atoms with van der Waals surface area (Å²) in [6.07, 6.45) is 2.17. The van der Waals surface area contributed by atoms with E-state index in [9.17, 15) is 5.11 Å². The minimum Gasteiger partial charge on any atom is -0.388 e. The Balaban J connectivity index is 2.31. The molecule has 0 aromatic carbocycles. The van der Waals surface area contributed by atoms with Gasteiger partial charge in [-0.25, -0.2) is 9.97 Å². The van der Waals surface area contributed by atoms with Crippen molar-refractivity contribution < 1.29 is 5.11 Å². The second-order valence-electron chi connectivity index (χ2n) is 4.28. The summed E-state index contributed by atoms with van der Waals surface area (Å²) in [4.78, 5) is 10.1. The summed E-state index contributed by atoms with van der Waals surface area (Å²) in [5, 5.41) is 13.3. The highest BCUT2D eigenvalue weighted by atomic mass is 35.5. The molecular formula is C10H15ClN4O. The topological polar surface area (TPSA) is 61.3 Å². The van der Waals surface area contributed by atoms with Crippen molar-refractivity contribution in [2.24, 2.45) is 0 Å². The molecule has 1 unspecified atom stereocenters. The summed E-state index contributed by atoms with van der Waals surface area (Å²) in [6, 6.07) is 0. The molecule has 1 aromatic rings. The first-order valence-corrected chi connectivity index (χ1v) is 5.57. The van der Waals surface area contributed by atoms with Crippen molar-refractivity contribution in [3.05, 3.63) is 11.5 Å². The molecule has 2 N–H and O–H groups in total. The molecule has 1 atom stereocenters. The van der Waals surface area contributed by atoms with E-state index in [4.69, 9.17) is 11.6 Å². The van der Waals surface area contributed by atoms with Crippen LogP contribution in [0.25, 0.3) is 0 Å². The zero-order valence-electron chi connectivity index (χ0n) is 9.37. The van der Waals surface area contributed by atoms with Crippen LogP contribution in [-0.4, -0.2) is 40.8 Å². The van der Waals surface area contributed by atoms with Gasteiger partial charge in [0, 0.05) is 20.1 Å². The Morgan fingerprint density at radius 1 is 1.56 bits per heavy atom. The minimum atomic E-state index is -0.650. The van der Waals surface area contributed by atoms with Crippen LogP contribution in [0, 0.1) is 0 Å².